The van der Waals surface area contributed by atoms with Crippen molar-refractivity contribution in [2.24, 2.45) is 11.8 Å². The maximum absolute atomic E-state index is 9.33. The van der Waals surface area contributed by atoms with E-state index in [0.29, 0.717) is 17.9 Å². The molecule has 2 aliphatic rings. The molecule has 2 heterocycles. The van der Waals surface area contributed by atoms with Crippen LogP contribution in [0.2, 0.25) is 0 Å². The van der Waals surface area contributed by atoms with Gasteiger partial charge in [-0.05, 0) is 50.5 Å². The zero-order valence-corrected chi connectivity index (χ0v) is 13.1. The maximum Gasteiger partial charge on any atom is 0.0601 e. The molecule has 0 saturated carbocycles. The van der Waals surface area contributed by atoms with Crippen molar-refractivity contribution < 1.29 is 14.6 Å². The summed E-state index contributed by atoms with van der Waals surface area (Å²) in [5.41, 5.74) is 0.0959. The van der Waals surface area contributed by atoms with Crippen molar-refractivity contribution in [3.05, 3.63) is 0 Å². The fourth-order valence-electron chi connectivity index (χ4n) is 3.40. The molecule has 118 valence electrons. The number of aliphatic hydroxyl groups excluding tert-OH is 1. The summed E-state index contributed by atoms with van der Waals surface area (Å²) in [5, 5.41) is 13.1. The first-order valence-corrected chi connectivity index (χ1v) is 8.20. The van der Waals surface area contributed by atoms with Gasteiger partial charge in [0.1, 0.15) is 0 Å². The van der Waals surface area contributed by atoms with Crippen LogP contribution in [0.3, 0.4) is 0 Å². The van der Waals surface area contributed by atoms with E-state index in [2.05, 4.69) is 19.2 Å². The van der Waals surface area contributed by atoms with E-state index in [-0.39, 0.29) is 12.1 Å². The standard InChI is InChI=1S/C16H31NO3/c1-13(2)15-11-14(3-8-20-15)12-17-16(4-7-18)5-9-19-10-6-16/h13-15,17-18H,3-12H2,1-2H3/t14-,15-/m0/s1. The molecule has 0 aromatic rings. The van der Waals surface area contributed by atoms with E-state index >= 15 is 0 Å². The van der Waals surface area contributed by atoms with Gasteiger partial charge in [0.05, 0.1) is 6.10 Å². The minimum Gasteiger partial charge on any atom is -0.396 e. The molecule has 4 nitrogen and oxygen atoms in total. The van der Waals surface area contributed by atoms with Crippen LogP contribution in [0.5, 0.6) is 0 Å². The summed E-state index contributed by atoms with van der Waals surface area (Å²) >= 11 is 0. The van der Waals surface area contributed by atoms with Gasteiger partial charge in [-0.1, -0.05) is 13.8 Å². The molecule has 0 amide bonds. The predicted molar refractivity (Wildman–Crippen MR) is 79.8 cm³/mol. The zero-order valence-electron chi connectivity index (χ0n) is 13.1. The van der Waals surface area contributed by atoms with E-state index in [1.54, 1.807) is 0 Å². The van der Waals surface area contributed by atoms with Gasteiger partial charge in [0.2, 0.25) is 0 Å². The van der Waals surface area contributed by atoms with Crippen molar-refractivity contribution in [3.63, 3.8) is 0 Å². The highest BCUT2D eigenvalue weighted by atomic mass is 16.5. The lowest BCUT2D eigenvalue weighted by molar-refractivity contribution is -0.0375. The Kier molecular flexibility index (Phi) is 6.27. The van der Waals surface area contributed by atoms with E-state index < -0.39 is 0 Å². The molecule has 2 aliphatic heterocycles. The first-order valence-electron chi connectivity index (χ1n) is 8.20. The lowest BCUT2D eigenvalue weighted by Gasteiger charge is -2.40. The number of nitrogens with one attached hydrogen (secondary N) is 1. The van der Waals surface area contributed by atoms with E-state index in [1.165, 1.54) is 0 Å². The van der Waals surface area contributed by atoms with Crippen molar-refractivity contribution >= 4 is 0 Å². The topological polar surface area (TPSA) is 50.7 Å². The fraction of sp³-hybridized carbons (Fsp3) is 1.00. The molecule has 2 fully saturated rings. The smallest absolute Gasteiger partial charge is 0.0601 e. The molecule has 0 radical (unpaired) electrons. The molecule has 2 saturated heterocycles. The van der Waals surface area contributed by atoms with Gasteiger partial charge in [-0.25, -0.2) is 0 Å². The van der Waals surface area contributed by atoms with Crippen LogP contribution in [-0.4, -0.2) is 49.7 Å². The van der Waals surface area contributed by atoms with Gasteiger partial charge < -0.3 is 19.9 Å². The Morgan fingerprint density at radius 2 is 2.00 bits per heavy atom. The Balaban J connectivity index is 1.82. The van der Waals surface area contributed by atoms with Crippen molar-refractivity contribution in [2.45, 2.75) is 57.6 Å². The van der Waals surface area contributed by atoms with Gasteiger partial charge in [0, 0.05) is 32.0 Å². The van der Waals surface area contributed by atoms with Gasteiger partial charge in [-0.15, -0.1) is 0 Å². The molecule has 4 heteroatoms. The molecule has 2 N–H and O–H groups in total. The van der Waals surface area contributed by atoms with Crippen LogP contribution in [0.25, 0.3) is 0 Å². The Morgan fingerprint density at radius 3 is 2.65 bits per heavy atom. The average molecular weight is 285 g/mol. The Labute approximate surface area is 123 Å². The molecule has 2 rings (SSSR count). The first kappa shape index (κ1) is 16.2. The van der Waals surface area contributed by atoms with E-state index in [4.69, 9.17) is 9.47 Å². The monoisotopic (exact) mass is 285 g/mol. The molecular formula is C16H31NO3. The Hall–Kier alpha value is -0.160. The maximum atomic E-state index is 9.33. The van der Waals surface area contributed by atoms with Crippen LogP contribution in [0.1, 0.15) is 46.0 Å². The van der Waals surface area contributed by atoms with Crippen molar-refractivity contribution in [3.8, 4) is 0 Å². The summed E-state index contributed by atoms with van der Waals surface area (Å²) in [6.07, 6.45) is 5.61. The van der Waals surface area contributed by atoms with Crippen LogP contribution in [0.4, 0.5) is 0 Å². The van der Waals surface area contributed by atoms with E-state index in [9.17, 15) is 5.11 Å². The summed E-state index contributed by atoms with van der Waals surface area (Å²) in [5.74, 6) is 1.31. The number of rotatable bonds is 6. The molecule has 0 spiro atoms. The SMILES string of the molecule is CC(C)[C@@H]1C[C@@H](CNC2(CCO)CCOCC2)CCO1. The molecule has 0 aromatic carbocycles. The van der Waals surface area contributed by atoms with Gasteiger partial charge in [0.25, 0.3) is 0 Å². The molecular weight excluding hydrogens is 254 g/mol. The highest BCUT2D eigenvalue weighted by molar-refractivity contribution is 4.91. The number of ether oxygens (including phenoxy) is 2. The number of hydrogen-bond acceptors (Lipinski definition) is 4. The van der Waals surface area contributed by atoms with Crippen molar-refractivity contribution in [2.75, 3.05) is 33.0 Å². The molecule has 0 aromatic heterocycles. The molecule has 2 atom stereocenters. The molecule has 20 heavy (non-hydrogen) atoms. The second-order valence-corrected chi connectivity index (χ2v) is 6.79. The largest absolute Gasteiger partial charge is 0.396 e. The van der Waals surface area contributed by atoms with Crippen LogP contribution in [0, 0.1) is 11.8 Å². The van der Waals surface area contributed by atoms with Crippen molar-refractivity contribution in [1.82, 2.24) is 5.32 Å². The Bertz CT molecular complexity index is 271. The highest BCUT2D eigenvalue weighted by Crippen LogP contribution is 2.28. The molecule has 0 bridgehead atoms. The minimum absolute atomic E-state index is 0.0959. The normalized spacial score (nSPS) is 30.6. The third kappa shape index (κ3) is 4.42. The highest BCUT2D eigenvalue weighted by Gasteiger charge is 2.33. The van der Waals surface area contributed by atoms with Crippen molar-refractivity contribution in [1.29, 1.82) is 0 Å². The Morgan fingerprint density at radius 1 is 1.25 bits per heavy atom. The second kappa shape index (κ2) is 7.74. The van der Waals surface area contributed by atoms with E-state index in [0.717, 1.165) is 58.5 Å². The van der Waals surface area contributed by atoms with Crippen LogP contribution < -0.4 is 5.32 Å². The van der Waals surface area contributed by atoms with Gasteiger partial charge >= 0.3 is 0 Å². The van der Waals surface area contributed by atoms with Crippen LogP contribution in [0.15, 0.2) is 0 Å². The van der Waals surface area contributed by atoms with Gasteiger partial charge in [-0.2, -0.15) is 0 Å². The third-order valence-corrected chi connectivity index (χ3v) is 4.97. The fourth-order valence-corrected chi connectivity index (χ4v) is 3.40. The zero-order chi connectivity index (χ0) is 14.4. The number of hydrogen-bond donors (Lipinski definition) is 2. The molecule has 0 unspecified atom stereocenters. The van der Waals surface area contributed by atoms with Gasteiger partial charge in [-0.3, -0.25) is 0 Å². The third-order valence-electron chi connectivity index (χ3n) is 4.97. The quantitative estimate of drug-likeness (QED) is 0.783. The summed E-state index contributed by atoms with van der Waals surface area (Å²) in [6, 6.07) is 0. The molecule has 0 aliphatic carbocycles. The summed E-state index contributed by atoms with van der Waals surface area (Å²) < 4.78 is 11.3. The summed E-state index contributed by atoms with van der Waals surface area (Å²) in [4.78, 5) is 0. The summed E-state index contributed by atoms with van der Waals surface area (Å²) in [6.45, 7) is 8.32. The minimum atomic E-state index is 0.0959. The van der Waals surface area contributed by atoms with Crippen LogP contribution in [-0.2, 0) is 9.47 Å². The second-order valence-electron chi connectivity index (χ2n) is 6.79. The van der Waals surface area contributed by atoms with Crippen LogP contribution >= 0.6 is 0 Å². The average Bonchev–Trinajstić information content (AvgIpc) is 2.47. The predicted octanol–water partition coefficient (Wildman–Crippen LogP) is 1.96. The lowest BCUT2D eigenvalue weighted by atomic mass is 9.84. The summed E-state index contributed by atoms with van der Waals surface area (Å²) in [7, 11) is 0. The number of aliphatic hydroxyl groups is 1. The first-order chi connectivity index (χ1) is 9.65. The van der Waals surface area contributed by atoms with E-state index in [1.807, 2.05) is 0 Å². The van der Waals surface area contributed by atoms with Gasteiger partial charge in [0.15, 0.2) is 0 Å². The lowest BCUT2D eigenvalue weighted by Crippen LogP contribution is -2.52.